The molecule has 0 aliphatic rings. The molecule has 3 nitrogen and oxygen atoms in total. The second kappa shape index (κ2) is 8.53. The maximum Gasteiger partial charge on any atom is 0.324 e. The van der Waals surface area contributed by atoms with Gasteiger partial charge in [-0.15, -0.1) is 0 Å². The van der Waals surface area contributed by atoms with Crippen molar-refractivity contribution >= 4 is 5.97 Å². The molecule has 0 saturated heterocycles. The number of nitrogens with one attached hydrogen (secondary N) is 1. The molecule has 0 unspecified atom stereocenters. The van der Waals surface area contributed by atoms with Crippen LogP contribution >= 0.6 is 0 Å². The van der Waals surface area contributed by atoms with Crippen molar-refractivity contribution < 1.29 is 9.63 Å². The molecule has 0 aliphatic carbocycles. The van der Waals surface area contributed by atoms with Crippen molar-refractivity contribution in [3.63, 3.8) is 0 Å². The zero-order chi connectivity index (χ0) is 9.23. The Morgan fingerprint density at radius 1 is 1.25 bits per heavy atom. The predicted octanol–water partition coefficient (Wildman–Crippen LogP) is 2.02. The molecule has 0 rings (SSSR count). The van der Waals surface area contributed by atoms with Gasteiger partial charge >= 0.3 is 5.97 Å². The van der Waals surface area contributed by atoms with E-state index in [-0.39, 0.29) is 5.97 Å². The molecule has 12 heavy (non-hydrogen) atoms. The van der Waals surface area contributed by atoms with Gasteiger partial charge in [0, 0.05) is 13.0 Å². The van der Waals surface area contributed by atoms with Crippen molar-refractivity contribution in [2.75, 3.05) is 6.54 Å². The highest BCUT2D eigenvalue weighted by atomic mass is 16.7. The zero-order valence-electron chi connectivity index (χ0n) is 8.06. The fourth-order valence-corrected chi connectivity index (χ4v) is 0.834. The van der Waals surface area contributed by atoms with Gasteiger partial charge in [-0.2, -0.15) is 5.48 Å². The van der Waals surface area contributed by atoms with Crippen LogP contribution in [0.5, 0.6) is 0 Å². The topological polar surface area (TPSA) is 38.3 Å². The number of carbonyl (C=O) groups excluding carboxylic acids is 1. The fourth-order valence-electron chi connectivity index (χ4n) is 0.834. The van der Waals surface area contributed by atoms with Crippen LogP contribution in [0.2, 0.25) is 0 Å². The van der Waals surface area contributed by atoms with Crippen LogP contribution in [0.25, 0.3) is 0 Å². The molecule has 72 valence electrons. The fraction of sp³-hybridized carbons (Fsp3) is 0.889. The van der Waals surface area contributed by atoms with Crippen molar-refractivity contribution in [2.24, 2.45) is 0 Å². The molecule has 0 bridgehead atoms. The maximum absolute atomic E-state index is 10.8. The van der Waals surface area contributed by atoms with Crippen molar-refractivity contribution in [3.8, 4) is 0 Å². The minimum atomic E-state index is -0.158. The molecule has 0 aromatic heterocycles. The molecule has 0 fully saturated rings. The van der Waals surface area contributed by atoms with E-state index in [9.17, 15) is 4.79 Å². The Morgan fingerprint density at radius 2 is 2.00 bits per heavy atom. The highest BCUT2D eigenvalue weighted by Gasteiger charge is 1.98. The first-order valence-corrected chi connectivity index (χ1v) is 4.73. The molecule has 0 spiro atoms. The lowest BCUT2D eigenvalue weighted by atomic mass is 10.3. The minimum absolute atomic E-state index is 0.158. The van der Waals surface area contributed by atoms with E-state index in [1.165, 1.54) is 12.8 Å². The lowest BCUT2D eigenvalue weighted by Crippen LogP contribution is -2.20. The molecular weight excluding hydrogens is 154 g/mol. The van der Waals surface area contributed by atoms with E-state index in [0.717, 1.165) is 19.4 Å². The summed E-state index contributed by atoms with van der Waals surface area (Å²) in [5.74, 6) is -0.158. The first-order valence-electron chi connectivity index (χ1n) is 4.73. The van der Waals surface area contributed by atoms with Crippen LogP contribution in [0.4, 0.5) is 0 Å². The van der Waals surface area contributed by atoms with Gasteiger partial charge in [0.15, 0.2) is 0 Å². The second-order valence-electron chi connectivity index (χ2n) is 2.83. The van der Waals surface area contributed by atoms with Crippen LogP contribution in [-0.4, -0.2) is 12.5 Å². The largest absolute Gasteiger partial charge is 0.371 e. The van der Waals surface area contributed by atoms with Crippen LogP contribution < -0.4 is 5.48 Å². The summed E-state index contributed by atoms with van der Waals surface area (Å²) in [6, 6.07) is 0. The molecule has 0 radical (unpaired) electrons. The first-order chi connectivity index (χ1) is 5.81. The Hall–Kier alpha value is -0.570. The average Bonchev–Trinajstić information content (AvgIpc) is 2.05. The van der Waals surface area contributed by atoms with Gasteiger partial charge in [0.05, 0.1) is 0 Å². The third-order valence-electron chi connectivity index (χ3n) is 1.52. The van der Waals surface area contributed by atoms with E-state index in [0.29, 0.717) is 6.42 Å². The summed E-state index contributed by atoms with van der Waals surface area (Å²) in [6.45, 7) is 4.87. The number of hydroxylamine groups is 1. The summed E-state index contributed by atoms with van der Waals surface area (Å²) in [4.78, 5) is 15.5. The Labute approximate surface area is 74.4 Å². The summed E-state index contributed by atoms with van der Waals surface area (Å²) < 4.78 is 0. The van der Waals surface area contributed by atoms with Gasteiger partial charge in [0.2, 0.25) is 0 Å². The van der Waals surface area contributed by atoms with Gasteiger partial charge in [0.25, 0.3) is 0 Å². The Balaban J connectivity index is 3.03. The Kier molecular flexibility index (Phi) is 8.12. The molecule has 0 heterocycles. The van der Waals surface area contributed by atoms with E-state index in [1.54, 1.807) is 0 Å². The second-order valence-corrected chi connectivity index (χ2v) is 2.83. The normalized spacial score (nSPS) is 9.83. The smallest absolute Gasteiger partial charge is 0.324 e. The summed E-state index contributed by atoms with van der Waals surface area (Å²) in [5.41, 5.74) is 2.66. The van der Waals surface area contributed by atoms with Gasteiger partial charge in [-0.05, 0) is 12.8 Å². The average molecular weight is 173 g/mol. The number of hydrogen-bond donors (Lipinski definition) is 1. The molecule has 0 aliphatic heterocycles. The van der Waals surface area contributed by atoms with Gasteiger partial charge in [0.1, 0.15) is 0 Å². The molecule has 0 amide bonds. The SMILES string of the molecule is CCCCCNOC(=O)CCC. The highest BCUT2D eigenvalue weighted by molar-refractivity contribution is 5.68. The van der Waals surface area contributed by atoms with Gasteiger partial charge in [-0.3, -0.25) is 4.79 Å². The Morgan fingerprint density at radius 3 is 2.58 bits per heavy atom. The van der Waals surface area contributed by atoms with Crippen LogP contribution in [0.15, 0.2) is 0 Å². The number of hydrogen-bond acceptors (Lipinski definition) is 3. The van der Waals surface area contributed by atoms with E-state index in [4.69, 9.17) is 4.84 Å². The molecule has 1 N–H and O–H groups in total. The predicted molar refractivity (Wildman–Crippen MR) is 48.5 cm³/mol. The molecule has 0 atom stereocenters. The monoisotopic (exact) mass is 173 g/mol. The lowest BCUT2D eigenvalue weighted by molar-refractivity contribution is -0.151. The lowest BCUT2D eigenvalue weighted by Gasteiger charge is -2.03. The molecule has 3 heteroatoms. The molecule has 0 saturated carbocycles. The summed E-state index contributed by atoms with van der Waals surface area (Å²) in [6.07, 6.45) is 4.77. The third kappa shape index (κ3) is 7.54. The van der Waals surface area contributed by atoms with Crippen molar-refractivity contribution in [3.05, 3.63) is 0 Å². The highest BCUT2D eigenvalue weighted by Crippen LogP contribution is 1.92. The Bertz CT molecular complexity index is 115. The first kappa shape index (κ1) is 11.4. The third-order valence-corrected chi connectivity index (χ3v) is 1.52. The minimum Gasteiger partial charge on any atom is -0.371 e. The van der Waals surface area contributed by atoms with Crippen LogP contribution in [0, 0.1) is 0 Å². The van der Waals surface area contributed by atoms with Gasteiger partial charge in [-0.25, -0.2) is 0 Å². The maximum atomic E-state index is 10.8. The van der Waals surface area contributed by atoms with Gasteiger partial charge < -0.3 is 4.84 Å². The zero-order valence-corrected chi connectivity index (χ0v) is 8.06. The van der Waals surface area contributed by atoms with Crippen LogP contribution in [-0.2, 0) is 9.63 Å². The van der Waals surface area contributed by atoms with E-state index < -0.39 is 0 Å². The summed E-state index contributed by atoms with van der Waals surface area (Å²) in [5, 5.41) is 0. The number of unbranched alkanes of at least 4 members (excludes halogenated alkanes) is 2. The van der Waals surface area contributed by atoms with E-state index in [2.05, 4.69) is 12.4 Å². The van der Waals surface area contributed by atoms with Gasteiger partial charge in [-0.1, -0.05) is 26.7 Å². The summed E-state index contributed by atoms with van der Waals surface area (Å²) in [7, 11) is 0. The molecular formula is C9H19NO2. The van der Waals surface area contributed by atoms with E-state index in [1.807, 2.05) is 6.92 Å². The number of rotatable bonds is 7. The number of carbonyl (C=O) groups is 1. The van der Waals surface area contributed by atoms with Crippen molar-refractivity contribution in [1.29, 1.82) is 0 Å². The standard InChI is InChI=1S/C9H19NO2/c1-3-5-6-8-10-12-9(11)7-4-2/h10H,3-8H2,1-2H3. The van der Waals surface area contributed by atoms with Crippen LogP contribution in [0.1, 0.15) is 46.0 Å². The van der Waals surface area contributed by atoms with Crippen molar-refractivity contribution in [2.45, 2.75) is 46.0 Å². The van der Waals surface area contributed by atoms with Crippen molar-refractivity contribution in [1.82, 2.24) is 5.48 Å². The molecule has 0 aromatic rings. The quantitative estimate of drug-likeness (QED) is 0.473. The molecule has 0 aromatic carbocycles. The van der Waals surface area contributed by atoms with E-state index >= 15 is 0 Å². The van der Waals surface area contributed by atoms with Crippen LogP contribution in [0.3, 0.4) is 0 Å². The summed E-state index contributed by atoms with van der Waals surface area (Å²) >= 11 is 0.